The van der Waals surface area contributed by atoms with Crippen LogP contribution >= 0.6 is 0 Å². The number of nitrogens with one attached hydrogen (secondary N) is 3. The minimum Gasteiger partial charge on any atom is -0.361 e. The van der Waals surface area contributed by atoms with Gasteiger partial charge in [0, 0.05) is 19.3 Å². The number of carbonyl (C=O) groups excluding carboxylic acids is 2. The fourth-order valence-electron chi connectivity index (χ4n) is 1.61. The van der Waals surface area contributed by atoms with Crippen LogP contribution in [0.5, 0.6) is 0 Å². The Kier molecular flexibility index (Phi) is 6.94. The molecule has 0 radical (unpaired) electrons. The maximum absolute atomic E-state index is 12.1. The molecule has 0 aliphatic rings. The third-order valence-electron chi connectivity index (χ3n) is 2.68. The first-order chi connectivity index (χ1) is 10.3. The second kappa shape index (κ2) is 8.45. The molecular formula is C15H24N4O3. The van der Waals surface area contributed by atoms with Crippen LogP contribution in [-0.4, -0.2) is 35.2 Å². The van der Waals surface area contributed by atoms with Crippen LogP contribution in [0, 0.1) is 0 Å². The minimum atomic E-state index is -0.543. The number of hydrogen-bond donors (Lipinski definition) is 3. The predicted molar refractivity (Wildman–Crippen MR) is 82.5 cm³/mol. The van der Waals surface area contributed by atoms with Crippen molar-refractivity contribution < 1.29 is 14.3 Å². The van der Waals surface area contributed by atoms with Crippen molar-refractivity contribution in [1.82, 2.24) is 21.2 Å². The summed E-state index contributed by atoms with van der Waals surface area (Å²) in [6.07, 6.45) is 3.81. The predicted octanol–water partition coefficient (Wildman–Crippen LogP) is 0.522. The molecule has 0 saturated heterocycles. The molecule has 122 valence electrons. The first-order valence-corrected chi connectivity index (χ1v) is 7.10. The van der Waals surface area contributed by atoms with Gasteiger partial charge in [0.05, 0.1) is 18.4 Å². The third-order valence-corrected chi connectivity index (χ3v) is 2.68. The van der Waals surface area contributed by atoms with Gasteiger partial charge in [0.25, 0.3) is 5.91 Å². The van der Waals surface area contributed by atoms with Gasteiger partial charge in [-0.1, -0.05) is 6.07 Å². The molecule has 0 aromatic carbocycles. The summed E-state index contributed by atoms with van der Waals surface area (Å²) in [6, 6.07) is 3.15. The van der Waals surface area contributed by atoms with Gasteiger partial charge in [-0.15, -0.1) is 0 Å². The maximum Gasteiger partial charge on any atom is 0.255 e. The van der Waals surface area contributed by atoms with E-state index < -0.39 is 6.04 Å². The van der Waals surface area contributed by atoms with E-state index in [4.69, 9.17) is 4.74 Å². The summed E-state index contributed by atoms with van der Waals surface area (Å²) in [6.45, 7) is 7.35. The van der Waals surface area contributed by atoms with Gasteiger partial charge in [0.1, 0.15) is 0 Å². The van der Waals surface area contributed by atoms with E-state index >= 15 is 0 Å². The average molecular weight is 308 g/mol. The highest BCUT2D eigenvalue weighted by Gasteiger charge is 2.20. The molecule has 1 aromatic heterocycles. The van der Waals surface area contributed by atoms with Gasteiger partial charge < -0.3 is 4.74 Å². The van der Waals surface area contributed by atoms with Crippen LogP contribution in [0.4, 0.5) is 0 Å². The smallest absolute Gasteiger partial charge is 0.255 e. The average Bonchev–Trinajstić information content (AvgIpc) is 2.43. The van der Waals surface area contributed by atoms with E-state index in [0.29, 0.717) is 6.42 Å². The highest BCUT2D eigenvalue weighted by atomic mass is 16.5. The van der Waals surface area contributed by atoms with Crippen molar-refractivity contribution in [3.8, 4) is 0 Å². The van der Waals surface area contributed by atoms with Gasteiger partial charge >= 0.3 is 0 Å². The number of hydrazine groups is 1. The van der Waals surface area contributed by atoms with Crippen LogP contribution in [0.3, 0.4) is 0 Å². The van der Waals surface area contributed by atoms with Crippen molar-refractivity contribution in [2.45, 2.75) is 45.8 Å². The van der Waals surface area contributed by atoms with E-state index in [9.17, 15) is 9.59 Å². The van der Waals surface area contributed by atoms with Gasteiger partial charge in [-0.3, -0.25) is 30.7 Å². The number of nitrogens with zero attached hydrogens (tertiary/aromatic N) is 1. The van der Waals surface area contributed by atoms with Crippen molar-refractivity contribution in [3.05, 3.63) is 30.1 Å². The molecule has 0 spiro atoms. The molecular weight excluding hydrogens is 284 g/mol. The lowest BCUT2D eigenvalue weighted by Gasteiger charge is -2.23. The maximum atomic E-state index is 12.1. The number of carbonyl (C=O) groups is 2. The number of ether oxygens (including phenoxy) is 1. The molecule has 0 aliphatic heterocycles. The standard InChI is InChI=1S/C15H24N4O3/c1-11(20)18-19-14(21)13(17-10-22-15(2,3)4)8-12-6-5-7-16-9-12/h5-7,9,13,17H,8,10H2,1-4H3,(H,18,20)(H,19,21). The fourth-order valence-corrected chi connectivity index (χ4v) is 1.61. The molecule has 0 bridgehead atoms. The lowest BCUT2D eigenvalue weighted by molar-refractivity contribution is -0.129. The summed E-state index contributed by atoms with van der Waals surface area (Å²) in [5, 5.41) is 3.03. The van der Waals surface area contributed by atoms with Crippen LogP contribution in [0.25, 0.3) is 0 Å². The highest BCUT2D eigenvalue weighted by molar-refractivity contribution is 5.84. The molecule has 1 heterocycles. The Bertz CT molecular complexity index is 485. The molecule has 7 heteroatoms. The van der Waals surface area contributed by atoms with Crippen molar-refractivity contribution in [1.29, 1.82) is 0 Å². The van der Waals surface area contributed by atoms with E-state index in [1.807, 2.05) is 32.9 Å². The molecule has 7 nitrogen and oxygen atoms in total. The summed E-state index contributed by atoms with van der Waals surface area (Å²) in [7, 11) is 0. The van der Waals surface area contributed by atoms with Crippen LogP contribution in [0.15, 0.2) is 24.5 Å². The highest BCUT2D eigenvalue weighted by Crippen LogP contribution is 2.06. The molecule has 1 unspecified atom stereocenters. The van der Waals surface area contributed by atoms with Gasteiger partial charge in [-0.2, -0.15) is 0 Å². The lowest BCUT2D eigenvalue weighted by Crippen LogP contribution is -2.52. The monoisotopic (exact) mass is 308 g/mol. The lowest BCUT2D eigenvalue weighted by atomic mass is 10.1. The number of pyridine rings is 1. The Labute approximate surface area is 130 Å². The topological polar surface area (TPSA) is 92.4 Å². The Balaban J connectivity index is 2.63. The minimum absolute atomic E-state index is 0.224. The van der Waals surface area contributed by atoms with E-state index in [1.165, 1.54) is 6.92 Å². The normalized spacial score (nSPS) is 12.5. The summed E-state index contributed by atoms with van der Waals surface area (Å²) in [5.74, 6) is -0.670. The molecule has 2 amide bonds. The number of amides is 2. The van der Waals surface area contributed by atoms with E-state index in [2.05, 4.69) is 21.2 Å². The zero-order valence-corrected chi connectivity index (χ0v) is 13.5. The first kappa shape index (κ1) is 18.1. The molecule has 1 atom stereocenters. The van der Waals surface area contributed by atoms with Crippen LogP contribution in [-0.2, 0) is 20.7 Å². The summed E-state index contributed by atoms with van der Waals surface area (Å²) in [5.41, 5.74) is 5.26. The molecule has 1 aromatic rings. The van der Waals surface area contributed by atoms with Gasteiger partial charge in [-0.25, -0.2) is 0 Å². The molecule has 1 rings (SSSR count). The zero-order chi connectivity index (χ0) is 16.6. The van der Waals surface area contributed by atoms with Crippen molar-refractivity contribution in [2.24, 2.45) is 0 Å². The largest absolute Gasteiger partial charge is 0.361 e. The van der Waals surface area contributed by atoms with Gasteiger partial charge in [0.15, 0.2) is 0 Å². The van der Waals surface area contributed by atoms with E-state index in [1.54, 1.807) is 12.4 Å². The number of hydrogen-bond acceptors (Lipinski definition) is 5. The summed E-state index contributed by atoms with van der Waals surface area (Å²) < 4.78 is 5.58. The summed E-state index contributed by atoms with van der Waals surface area (Å²) in [4.78, 5) is 27.1. The van der Waals surface area contributed by atoms with Crippen LogP contribution < -0.4 is 16.2 Å². The van der Waals surface area contributed by atoms with E-state index in [0.717, 1.165) is 5.56 Å². The molecule has 0 aliphatic carbocycles. The van der Waals surface area contributed by atoms with Crippen molar-refractivity contribution >= 4 is 11.8 Å². The fraction of sp³-hybridized carbons (Fsp3) is 0.533. The molecule has 22 heavy (non-hydrogen) atoms. The zero-order valence-electron chi connectivity index (χ0n) is 13.5. The van der Waals surface area contributed by atoms with Gasteiger partial charge in [-0.05, 0) is 38.8 Å². The Morgan fingerprint density at radius 1 is 1.32 bits per heavy atom. The van der Waals surface area contributed by atoms with Crippen molar-refractivity contribution in [3.63, 3.8) is 0 Å². The number of rotatable bonds is 6. The quantitative estimate of drug-likeness (QED) is 0.526. The van der Waals surface area contributed by atoms with Gasteiger partial charge in [0.2, 0.25) is 5.91 Å². The first-order valence-electron chi connectivity index (χ1n) is 7.10. The molecule has 0 fully saturated rings. The second-order valence-corrected chi connectivity index (χ2v) is 5.89. The second-order valence-electron chi connectivity index (χ2n) is 5.89. The number of aromatic nitrogens is 1. The summed E-state index contributed by atoms with van der Waals surface area (Å²) >= 11 is 0. The Hall–Kier alpha value is -1.99. The van der Waals surface area contributed by atoms with Crippen LogP contribution in [0.1, 0.15) is 33.3 Å². The molecule has 3 N–H and O–H groups in total. The molecule has 0 saturated carbocycles. The van der Waals surface area contributed by atoms with E-state index in [-0.39, 0.29) is 24.1 Å². The Morgan fingerprint density at radius 3 is 2.59 bits per heavy atom. The third kappa shape index (κ3) is 7.70. The van der Waals surface area contributed by atoms with Crippen molar-refractivity contribution in [2.75, 3.05) is 6.73 Å². The Morgan fingerprint density at radius 2 is 2.05 bits per heavy atom. The van der Waals surface area contributed by atoms with Crippen LogP contribution in [0.2, 0.25) is 0 Å². The SMILES string of the molecule is CC(=O)NNC(=O)C(Cc1cccnc1)NCOC(C)(C)C.